The van der Waals surface area contributed by atoms with Gasteiger partial charge < -0.3 is 4.74 Å². The Bertz CT molecular complexity index is 228. The fraction of sp³-hybridized carbons (Fsp3) is 0.941. The first-order chi connectivity index (χ1) is 8.91. The van der Waals surface area contributed by atoms with Gasteiger partial charge in [-0.25, -0.2) is 0 Å². The summed E-state index contributed by atoms with van der Waals surface area (Å²) in [7, 11) is 0. The Morgan fingerprint density at radius 1 is 0.947 bits per heavy atom. The highest BCUT2D eigenvalue weighted by molar-refractivity contribution is 5.75. The standard InChI is InChI=1S/C17H34O2/c1-6-8-10-11-13-15(12-9-7-2)14-19-16(18)17(3,4)5/h15H,6-14H2,1-5H3. The predicted octanol–water partition coefficient (Wildman–Crippen LogP) is 5.35. The molecule has 0 rings (SSSR count). The number of esters is 1. The van der Waals surface area contributed by atoms with Crippen molar-refractivity contribution >= 4 is 5.97 Å². The van der Waals surface area contributed by atoms with Crippen molar-refractivity contribution in [1.29, 1.82) is 0 Å². The van der Waals surface area contributed by atoms with E-state index in [9.17, 15) is 4.79 Å². The van der Waals surface area contributed by atoms with Crippen LogP contribution in [0, 0.1) is 11.3 Å². The highest BCUT2D eigenvalue weighted by atomic mass is 16.5. The molecule has 0 amide bonds. The lowest BCUT2D eigenvalue weighted by Gasteiger charge is -2.21. The monoisotopic (exact) mass is 270 g/mol. The van der Waals surface area contributed by atoms with Crippen LogP contribution in [0.5, 0.6) is 0 Å². The minimum Gasteiger partial charge on any atom is -0.465 e. The molecule has 2 nitrogen and oxygen atoms in total. The Balaban J connectivity index is 4.01. The maximum Gasteiger partial charge on any atom is 0.311 e. The number of carbonyl (C=O) groups is 1. The molecule has 2 heteroatoms. The fourth-order valence-corrected chi connectivity index (χ4v) is 2.07. The number of rotatable bonds is 10. The average molecular weight is 270 g/mol. The van der Waals surface area contributed by atoms with Gasteiger partial charge in [-0.2, -0.15) is 0 Å². The van der Waals surface area contributed by atoms with Crippen LogP contribution in [0.3, 0.4) is 0 Å². The Labute approximate surface area is 120 Å². The molecule has 0 aromatic rings. The lowest BCUT2D eigenvalue weighted by atomic mass is 9.95. The fourth-order valence-electron chi connectivity index (χ4n) is 2.07. The van der Waals surface area contributed by atoms with Crippen molar-refractivity contribution in [2.75, 3.05) is 6.61 Å². The molecule has 0 aliphatic carbocycles. The molecule has 0 aromatic heterocycles. The van der Waals surface area contributed by atoms with Crippen LogP contribution in [-0.4, -0.2) is 12.6 Å². The van der Waals surface area contributed by atoms with E-state index in [4.69, 9.17) is 4.74 Å². The minimum atomic E-state index is -0.377. The topological polar surface area (TPSA) is 26.3 Å². The number of unbranched alkanes of at least 4 members (excludes halogenated alkanes) is 4. The molecule has 0 aromatic carbocycles. The van der Waals surface area contributed by atoms with Gasteiger partial charge in [0.25, 0.3) is 0 Å². The van der Waals surface area contributed by atoms with Crippen molar-refractivity contribution in [3.8, 4) is 0 Å². The van der Waals surface area contributed by atoms with Crippen molar-refractivity contribution in [2.24, 2.45) is 11.3 Å². The second kappa shape index (κ2) is 10.3. The minimum absolute atomic E-state index is 0.0671. The molecule has 114 valence electrons. The molecule has 0 saturated heterocycles. The molecule has 0 radical (unpaired) electrons. The molecular formula is C17H34O2. The van der Waals surface area contributed by atoms with Gasteiger partial charge in [0.15, 0.2) is 0 Å². The molecule has 0 spiro atoms. The molecule has 0 aliphatic heterocycles. The van der Waals surface area contributed by atoms with Crippen LogP contribution in [0.2, 0.25) is 0 Å². The first-order valence-corrected chi connectivity index (χ1v) is 8.09. The van der Waals surface area contributed by atoms with Crippen LogP contribution >= 0.6 is 0 Å². The van der Waals surface area contributed by atoms with Crippen molar-refractivity contribution in [2.45, 2.75) is 86.0 Å². The summed E-state index contributed by atoms with van der Waals surface area (Å²) in [6.07, 6.45) is 10.0. The molecule has 19 heavy (non-hydrogen) atoms. The van der Waals surface area contributed by atoms with E-state index >= 15 is 0 Å². The van der Waals surface area contributed by atoms with Crippen LogP contribution in [0.25, 0.3) is 0 Å². The average Bonchev–Trinajstić information content (AvgIpc) is 2.35. The van der Waals surface area contributed by atoms with E-state index in [1.165, 1.54) is 51.4 Å². The van der Waals surface area contributed by atoms with E-state index in [0.29, 0.717) is 12.5 Å². The Morgan fingerprint density at radius 2 is 1.53 bits per heavy atom. The summed E-state index contributed by atoms with van der Waals surface area (Å²) in [6, 6.07) is 0. The number of hydrogen-bond acceptors (Lipinski definition) is 2. The van der Waals surface area contributed by atoms with E-state index in [-0.39, 0.29) is 11.4 Å². The van der Waals surface area contributed by atoms with Gasteiger partial charge in [-0.3, -0.25) is 4.79 Å². The maximum atomic E-state index is 11.8. The van der Waals surface area contributed by atoms with Gasteiger partial charge in [0, 0.05) is 0 Å². The van der Waals surface area contributed by atoms with Gasteiger partial charge >= 0.3 is 5.97 Å². The Morgan fingerprint density at radius 3 is 2.05 bits per heavy atom. The molecule has 0 saturated carbocycles. The van der Waals surface area contributed by atoms with Crippen LogP contribution < -0.4 is 0 Å². The predicted molar refractivity (Wildman–Crippen MR) is 82.2 cm³/mol. The van der Waals surface area contributed by atoms with E-state index in [1.807, 2.05) is 20.8 Å². The third-order valence-electron chi connectivity index (χ3n) is 3.49. The Kier molecular flexibility index (Phi) is 9.99. The molecule has 0 fully saturated rings. The zero-order chi connectivity index (χ0) is 14.7. The molecule has 1 unspecified atom stereocenters. The lowest BCUT2D eigenvalue weighted by molar-refractivity contribution is -0.154. The normalized spacial score (nSPS) is 13.3. The van der Waals surface area contributed by atoms with Crippen LogP contribution in [0.4, 0.5) is 0 Å². The van der Waals surface area contributed by atoms with E-state index < -0.39 is 0 Å². The largest absolute Gasteiger partial charge is 0.465 e. The summed E-state index contributed by atoms with van der Waals surface area (Å²) >= 11 is 0. The first kappa shape index (κ1) is 18.5. The number of hydrogen-bond donors (Lipinski definition) is 0. The lowest BCUT2D eigenvalue weighted by Crippen LogP contribution is -2.25. The van der Waals surface area contributed by atoms with Gasteiger partial charge in [-0.05, 0) is 39.5 Å². The zero-order valence-electron chi connectivity index (χ0n) is 13.8. The second-order valence-electron chi connectivity index (χ2n) is 6.71. The third kappa shape index (κ3) is 9.98. The summed E-state index contributed by atoms with van der Waals surface area (Å²) in [5.41, 5.74) is -0.377. The van der Waals surface area contributed by atoms with Crippen molar-refractivity contribution in [3.05, 3.63) is 0 Å². The van der Waals surface area contributed by atoms with E-state index in [2.05, 4.69) is 13.8 Å². The summed E-state index contributed by atoms with van der Waals surface area (Å²) < 4.78 is 5.48. The summed E-state index contributed by atoms with van der Waals surface area (Å²) in [5.74, 6) is 0.491. The smallest absolute Gasteiger partial charge is 0.311 e. The van der Waals surface area contributed by atoms with Gasteiger partial charge in [0.05, 0.1) is 12.0 Å². The van der Waals surface area contributed by atoms with Gasteiger partial charge in [-0.15, -0.1) is 0 Å². The number of ether oxygens (including phenoxy) is 1. The second-order valence-corrected chi connectivity index (χ2v) is 6.71. The third-order valence-corrected chi connectivity index (χ3v) is 3.49. The zero-order valence-corrected chi connectivity index (χ0v) is 13.8. The van der Waals surface area contributed by atoms with E-state index in [0.717, 1.165) is 0 Å². The molecule has 0 N–H and O–H groups in total. The van der Waals surface area contributed by atoms with Crippen molar-refractivity contribution in [1.82, 2.24) is 0 Å². The van der Waals surface area contributed by atoms with Crippen LogP contribution in [0.15, 0.2) is 0 Å². The van der Waals surface area contributed by atoms with Crippen molar-refractivity contribution in [3.63, 3.8) is 0 Å². The highest BCUT2D eigenvalue weighted by Gasteiger charge is 2.24. The Hall–Kier alpha value is -0.530. The number of carbonyl (C=O) groups excluding carboxylic acids is 1. The highest BCUT2D eigenvalue weighted by Crippen LogP contribution is 2.20. The van der Waals surface area contributed by atoms with Crippen LogP contribution in [0.1, 0.15) is 86.0 Å². The SMILES string of the molecule is CCCCCCC(CCCC)COC(=O)C(C)(C)C. The molecule has 0 bridgehead atoms. The summed E-state index contributed by atoms with van der Waals surface area (Å²) in [6.45, 7) is 10.8. The van der Waals surface area contributed by atoms with Gasteiger partial charge in [-0.1, -0.05) is 52.4 Å². The van der Waals surface area contributed by atoms with Gasteiger partial charge in [0.2, 0.25) is 0 Å². The first-order valence-electron chi connectivity index (χ1n) is 8.09. The van der Waals surface area contributed by atoms with Crippen LogP contribution in [-0.2, 0) is 9.53 Å². The molecule has 0 aliphatic rings. The molecule has 0 heterocycles. The summed E-state index contributed by atoms with van der Waals surface area (Å²) in [5, 5.41) is 0. The molecule has 1 atom stereocenters. The summed E-state index contributed by atoms with van der Waals surface area (Å²) in [4.78, 5) is 11.8. The molecular weight excluding hydrogens is 236 g/mol. The van der Waals surface area contributed by atoms with Gasteiger partial charge in [0.1, 0.15) is 0 Å². The maximum absolute atomic E-state index is 11.8. The quantitative estimate of drug-likeness (QED) is 0.395. The van der Waals surface area contributed by atoms with Crippen molar-refractivity contribution < 1.29 is 9.53 Å². The van der Waals surface area contributed by atoms with E-state index in [1.54, 1.807) is 0 Å².